The summed E-state index contributed by atoms with van der Waals surface area (Å²) in [5.74, 6) is 0.972. The second-order valence-corrected chi connectivity index (χ2v) is 8.14. The van der Waals surface area contributed by atoms with Crippen LogP contribution < -0.4 is 0 Å². The lowest BCUT2D eigenvalue weighted by molar-refractivity contribution is 0.148. The normalized spacial score (nSPS) is 12.7. The van der Waals surface area contributed by atoms with Crippen molar-refractivity contribution in [3.63, 3.8) is 0 Å². The summed E-state index contributed by atoms with van der Waals surface area (Å²) in [7, 11) is -1.83. The number of benzene rings is 1. The zero-order valence-electron chi connectivity index (χ0n) is 13.8. The molecule has 0 heterocycles. The van der Waals surface area contributed by atoms with Gasteiger partial charge in [-0.1, -0.05) is 58.0 Å². The SMILES string of the molecule is CCO[SiH](OCC)C(c1ccccc1)(C(C)C)C(C)C. The fourth-order valence-corrected chi connectivity index (χ4v) is 6.17. The molecular formula is C17H30O2Si. The maximum atomic E-state index is 6.14. The highest BCUT2D eigenvalue weighted by molar-refractivity contribution is 6.49. The molecule has 1 aromatic carbocycles. The molecule has 0 aromatic heterocycles. The molecule has 1 rings (SSSR count). The second-order valence-electron chi connectivity index (χ2n) is 5.85. The Bertz CT molecular complexity index is 362. The van der Waals surface area contributed by atoms with E-state index in [9.17, 15) is 0 Å². The zero-order valence-corrected chi connectivity index (χ0v) is 15.0. The smallest absolute Gasteiger partial charge is 0.332 e. The van der Waals surface area contributed by atoms with Crippen LogP contribution in [0.3, 0.4) is 0 Å². The van der Waals surface area contributed by atoms with Crippen molar-refractivity contribution in [1.82, 2.24) is 0 Å². The molecule has 1 aromatic rings. The van der Waals surface area contributed by atoms with E-state index in [0.717, 1.165) is 13.2 Å². The number of hydrogen-bond donors (Lipinski definition) is 0. The van der Waals surface area contributed by atoms with Crippen LogP contribution in [0.25, 0.3) is 0 Å². The molecule has 3 heteroatoms. The summed E-state index contributed by atoms with van der Waals surface area (Å²) in [5.41, 5.74) is 1.36. The van der Waals surface area contributed by atoms with E-state index < -0.39 is 9.28 Å². The highest BCUT2D eigenvalue weighted by Crippen LogP contribution is 2.42. The van der Waals surface area contributed by atoms with Crippen molar-refractivity contribution in [2.45, 2.75) is 46.6 Å². The third kappa shape index (κ3) is 3.33. The average Bonchev–Trinajstić information content (AvgIpc) is 2.40. The molecule has 0 aliphatic heterocycles. The highest BCUT2D eigenvalue weighted by atomic mass is 28.3. The summed E-state index contributed by atoms with van der Waals surface area (Å²) in [5, 5.41) is 0.00722. The summed E-state index contributed by atoms with van der Waals surface area (Å²) in [4.78, 5) is 0. The van der Waals surface area contributed by atoms with Gasteiger partial charge in [-0.25, -0.2) is 0 Å². The maximum Gasteiger partial charge on any atom is 0.332 e. The Morgan fingerprint density at radius 1 is 0.900 bits per heavy atom. The molecule has 0 spiro atoms. The van der Waals surface area contributed by atoms with Gasteiger partial charge in [0.05, 0.1) is 0 Å². The van der Waals surface area contributed by atoms with Gasteiger partial charge in [0.1, 0.15) is 0 Å². The molecule has 0 bridgehead atoms. The monoisotopic (exact) mass is 294 g/mol. The molecule has 114 valence electrons. The van der Waals surface area contributed by atoms with Gasteiger partial charge in [-0.15, -0.1) is 0 Å². The molecule has 0 saturated carbocycles. The van der Waals surface area contributed by atoms with Crippen LogP contribution in [0.4, 0.5) is 0 Å². The van der Waals surface area contributed by atoms with Crippen molar-refractivity contribution in [3.05, 3.63) is 35.9 Å². The molecule has 0 radical (unpaired) electrons. The summed E-state index contributed by atoms with van der Waals surface area (Å²) in [6, 6.07) is 10.8. The Morgan fingerprint density at radius 3 is 1.70 bits per heavy atom. The first-order valence-corrected chi connectivity index (χ1v) is 9.32. The van der Waals surface area contributed by atoms with Gasteiger partial charge in [-0.2, -0.15) is 0 Å². The lowest BCUT2D eigenvalue weighted by atomic mass is 9.78. The van der Waals surface area contributed by atoms with Crippen molar-refractivity contribution < 1.29 is 8.85 Å². The van der Waals surface area contributed by atoms with Crippen molar-refractivity contribution in [3.8, 4) is 0 Å². The Morgan fingerprint density at radius 2 is 1.35 bits per heavy atom. The lowest BCUT2D eigenvalue weighted by Gasteiger charge is -2.45. The van der Waals surface area contributed by atoms with Crippen LogP contribution in [0.1, 0.15) is 47.1 Å². The molecule has 0 unspecified atom stereocenters. The van der Waals surface area contributed by atoms with Crippen molar-refractivity contribution >= 4 is 9.28 Å². The largest absolute Gasteiger partial charge is 0.396 e. The van der Waals surface area contributed by atoms with Gasteiger partial charge in [-0.3, -0.25) is 0 Å². The maximum absolute atomic E-state index is 6.14. The summed E-state index contributed by atoms with van der Waals surface area (Å²) in [6.45, 7) is 14.8. The summed E-state index contributed by atoms with van der Waals surface area (Å²) in [6.07, 6.45) is 0. The third-order valence-electron chi connectivity index (χ3n) is 4.21. The standard InChI is InChI=1S/C17H30O2Si/c1-7-18-20(19-8-2)17(14(3)4,15(5)6)16-12-10-9-11-13-16/h9-15,20H,7-8H2,1-6H3. The minimum absolute atomic E-state index is 0.00722. The van der Waals surface area contributed by atoms with E-state index in [1.54, 1.807) is 0 Å². The second kappa shape index (κ2) is 7.96. The first kappa shape index (κ1) is 17.4. The molecule has 0 aliphatic rings. The van der Waals surface area contributed by atoms with Crippen LogP contribution in [0.2, 0.25) is 0 Å². The first-order chi connectivity index (χ1) is 9.51. The van der Waals surface area contributed by atoms with Gasteiger partial charge < -0.3 is 8.85 Å². The predicted octanol–water partition coefficient (Wildman–Crippen LogP) is 4.07. The Hall–Kier alpha value is -0.643. The third-order valence-corrected chi connectivity index (χ3v) is 7.93. The van der Waals surface area contributed by atoms with Crippen molar-refractivity contribution in [1.29, 1.82) is 0 Å². The Labute approximate surface area is 126 Å². The van der Waals surface area contributed by atoms with E-state index in [1.807, 2.05) is 0 Å². The van der Waals surface area contributed by atoms with E-state index in [1.165, 1.54) is 5.56 Å². The van der Waals surface area contributed by atoms with E-state index in [0.29, 0.717) is 11.8 Å². The highest BCUT2D eigenvalue weighted by Gasteiger charge is 2.49. The van der Waals surface area contributed by atoms with Crippen LogP contribution in [0, 0.1) is 11.8 Å². The number of hydrogen-bond acceptors (Lipinski definition) is 2. The predicted molar refractivity (Wildman–Crippen MR) is 88.2 cm³/mol. The zero-order chi connectivity index (χ0) is 15.2. The fraction of sp³-hybridized carbons (Fsp3) is 0.647. The van der Waals surface area contributed by atoms with Gasteiger partial charge in [-0.05, 0) is 31.2 Å². The lowest BCUT2D eigenvalue weighted by Crippen LogP contribution is -2.54. The van der Waals surface area contributed by atoms with E-state index in [2.05, 4.69) is 71.9 Å². The average molecular weight is 295 g/mol. The van der Waals surface area contributed by atoms with Crippen molar-refractivity contribution in [2.75, 3.05) is 13.2 Å². The van der Waals surface area contributed by atoms with Gasteiger partial charge in [0.15, 0.2) is 0 Å². The van der Waals surface area contributed by atoms with Gasteiger partial charge in [0.2, 0.25) is 0 Å². The van der Waals surface area contributed by atoms with Crippen LogP contribution in [0.15, 0.2) is 30.3 Å². The van der Waals surface area contributed by atoms with E-state index in [4.69, 9.17) is 8.85 Å². The minimum Gasteiger partial charge on any atom is -0.396 e. The summed E-state index contributed by atoms with van der Waals surface area (Å²) >= 11 is 0. The molecule has 0 fully saturated rings. The van der Waals surface area contributed by atoms with E-state index >= 15 is 0 Å². The van der Waals surface area contributed by atoms with Crippen LogP contribution in [-0.4, -0.2) is 22.5 Å². The number of rotatable bonds is 8. The molecular weight excluding hydrogens is 264 g/mol. The minimum atomic E-state index is -1.83. The fourth-order valence-electron chi connectivity index (χ4n) is 3.37. The Kier molecular flexibility index (Phi) is 6.93. The van der Waals surface area contributed by atoms with Gasteiger partial charge in [0.25, 0.3) is 0 Å². The molecule has 2 nitrogen and oxygen atoms in total. The van der Waals surface area contributed by atoms with E-state index in [-0.39, 0.29) is 5.04 Å². The molecule has 20 heavy (non-hydrogen) atoms. The molecule has 0 amide bonds. The van der Waals surface area contributed by atoms with Crippen LogP contribution in [-0.2, 0) is 13.9 Å². The summed E-state index contributed by atoms with van der Waals surface area (Å²) < 4.78 is 12.3. The van der Waals surface area contributed by atoms with Gasteiger partial charge >= 0.3 is 9.28 Å². The molecule has 0 aliphatic carbocycles. The quantitative estimate of drug-likeness (QED) is 0.673. The van der Waals surface area contributed by atoms with Gasteiger partial charge in [0, 0.05) is 18.3 Å². The molecule has 0 atom stereocenters. The molecule has 0 saturated heterocycles. The van der Waals surface area contributed by atoms with Crippen LogP contribution >= 0.6 is 0 Å². The first-order valence-electron chi connectivity index (χ1n) is 7.80. The van der Waals surface area contributed by atoms with Crippen LogP contribution in [0.5, 0.6) is 0 Å². The molecule has 0 N–H and O–H groups in total. The topological polar surface area (TPSA) is 18.5 Å². The van der Waals surface area contributed by atoms with Crippen molar-refractivity contribution in [2.24, 2.45) is 11.8 Å². The Balaban J connectivity index is 3.37.